The van der Waals surface area contributed by atoms with E-state index in [9.17, 15) is 4.39 Å². The van der Waals surface area contributed by atoms with Crippen LogP contribution in [0.2, 0.25) is 0 Å². The molecule has 5 heteroatoms. The zero-order valence-corrected chi connectivity index (χ0v) is 14.6. The minimum Gasteiger partial charge on any atom is -0.351 e. The fourth-order valence-electron chi connectivity index (χ4n) is 2.13. The third-order valence-corrected chi connectivity index (χ3v) is 3.60. The van der Waals surface area contributed by atoms with E-state index in [0.29, 0.717) is 25.2 Å². The van der Waals surface area contributed by atoms with Crippen molar-refractivity contribution in [2.45, 2.75) is 45.9 Å². The van der Waals surface area contributed by atoms with E-state index in [1.54, 1.807) is 6.07 Å². The molecule has 0 fully saturated rings. The monoisotopic (exact) mass is 361 g/mol. The molecule has 0 amide bonds. The van der Waals surface area contributed by atoms with Crippen molar-refractivity contribution < 1.29 is 13.9 Å². The van der Waals surface area contributed by atoms with Crippen molar-refractivity contribution in [1.82, 2.24) is 5.32 Å². The van der Waals surface area contributed by atoms with Gasteiger partial charge in [0.15, 0.2) is 6.29 Å². The molecule has 0 aliphatic carbocycles. The van der Waals surface area contributed by atoms with Gasteiger partial charge in [0.05, 0.1) is 6.04 Å². The van der Waals surface area contributed by atoms with Gasteiger partial charge in [-0.3, -0.25) is 0 Å². The third-order valence-electron chi connectivity index (χ3n) is 3.10. The predicted octanol–water partition coefficient (Wildman–Crippen LogP) is 3.90. The van der Waals surface area contributed by atoms with Crippen LogP contribution in [-0.4, -0.2) is 32.1 Å². The van der Waals surface area contributed by atoms with Gasteiger partial charge >= 0.3 is 0 Å². The van der Waals surface area contributed by atoms with Crippen LogP contribution in [0.4, 0.5) is 4.39 Å². The van der Waals surface area contributed by atoms with Crippen molar-refractivity contribution in [3.63, 3.8) is 0 Å². The Morgan fingerprint density at radius 2 is 1.86 bits per heavy atom. The van der Waals surface area contributed by atoms with E-state index in [0.717, 1.165) is 17.4 Å². The molecule has 1 aromatic carbocycles. The maximum Gasteiger partial charge on any atom is 0.172 e. The van der Waals surface area contributed by atoms with Gasteiger partial charge in [0.2, 0.25) is 0 Å². The summed E-state index contributed by atoms with van der Waals surface area (Å²) in [6.07, 6.45) is 1.17. The lowest BCUT2D eigenvalue weighted by Gasteiger charge is -2.28. The molecular formula is C16H25BrFNO2. The SMILES string of the molecule is CCCNC(Cc1ccc(Br)cc1F)C(OCC)OCC. The number of hydrogen-bond acceptors (Lipinski definition) is 3. The summed E-state index contributed by atoms with van der Waals surface area (Å²) >= 11 is 3.28. The molecule has 3 nitrogen and oxygen atoms in total. The molecule has 0 saturated heterocycles. The summed E-state index contributed by atoms with van der Waals surface area (Å²) in [6.45, 7) is 7.95. The molecule has 1 atom stereocenters. The van der Waals surface area contributed by atoms with Gasteiger partial charge in [0, 0.05) is 17.7 Å². The Labute approximate surface area is 135 Å². The maximum atomic E-state index is 14.0. The minimum atomic E-state index is -0.366. The fraction of sp³-hybridized carbons (Fsp3) is 0.625. The van der Waals surface area contributed by atoms with Crippen LogP contribution in [0.1, 0.15) is 32.8 Å². The molecular weight excluding hydrogens is 337 g/mol. The molecule has 1 unspecified atom stereocenters. The predicted molar refractivity (Wildman–Crippen MR) is 86.9 cm³/mol. The van der Waals surface area contributed by atoms with Gasteiger partial charge in [-0.1, -0.05) is 28.9 Å². The van der Waals surface area contributed by atoms with Crippen molar-refractivity contribution in [1.29, 1.82) is 0 Å². The Morgan fingerprint density at radius 3 is 2.38 bits per heavy atom. The minimum absolute atomic E-state index is 0.0690. The summed E-state index contributed by atoms with van der Waals surface area (Å²) in [5, 5.41) is 3.40. The molecule has 0 aliphatic rings. The molecule has 1 rings (SSSR count). The van der Waals surface area contributed by atoms with Crippen LogP contribution in [0.15, 0.2) is 22.7 Å². The quantitative estimate of drug-likeness (QED) is 0.641. The summed E-state index contributed by atoms with van der Waals surface area (Å²) in [5.74, 6) is -0.209. The van der Waals surface area contributed by atoms with Crippen molar-refractivity contribution in [2.75, 3.05) is 19.8 Å². The van der Waals surface area contributed by atoms with Gasteiger partial charge in [-0.15, -0.1) is 0 Å². The third kappa shape index (κ3) is 6.43. The molecule has 0 bridgehead atoms. The van der Waals surface area contributed by atoms with Gasteiger partial charge in [-0.05, 0) is 50.9 Å². The van der Waals surface area contributed by atoms with E-state index in [4.69, 9.17) is 9.47 Å². The van der Waals surface area contributed by atoms with Crippen LogP contribution in [-0.2, 0) is 15.9 Å². The van der Waals surface area contributed by atoms with Gasteiger partial charge in [0.1, 0.15) is 5.82 Å². The highest BCUT2D eigenvalue weighted by molar-refractivity contribution is 9.10. The maximum absolute atomic E-state index is 14.0. The Balaban J connectivity index is 2.84. The summed E-state index contributed by atoms with van der Waals surface area (Å²) in [6, 6.07) is 5.07. The highest BCUT2D eigenvalue weighted by Crippen LogP contribution is 2.18. The fourth-order valence-corrected chi connectivity index (χ4v) is 2.46. The second kappa shape index (κ2) is 10.3. The Hall–Kier alpha value is -0.490. The number of nitrogens with one attached hydrogen (secondary N) is 1. The van der Waals surface area contributed by atoms with Crippen molar-refractivity contribution in [3.8, 4) is 0 Å². The number of rotatable bonds is 10. The molecule has 0 saturated carbocycles. The van der Waals surface area contributed by atoms with E-state index < -0.39 is 0 Å². The largest absolute Gasteiger partial charge is 0.351 e. The van der Waals surface area contributed by atoms with Crippen LogP contribution < -0.4 is 5.32 Å². The summed E-state index contributed by atoms with van der Waals surface area (Å²) in [7, 11) is 0. The highest BCUT2D eigenvalue weighted by atomic mass is 79.9. The van der Waals surface area contributed by atoms with Gasteiger partial charge in [-0.2, -0.15) is 0 Å². The molecule has 0 radical (unpaired) electrons. The number of ether oxygens (including phenoxy) is 2. The van der Waals surface area contributed by atoms with Crippen LogP contribution in [0.5, 0.6) is 0 Å². The summed E-state index contributed by atoms with van der Waals surface area (Å²) in [5.41, 5.74) is 0.663. The summed E-state index contributed by atoms with van der Waals surface area (Å²) < 4.78 is 26.1. The lowest BCUT2D eigenvalue weighted by atomic mass is 10.0. The van der Waals surface area contributed by atoms with Gasteiger partial charge in [-0.25, -0.2) is 4.39 Å². The van der Waals surface area contributed by atoms with Crippen LogP contribution in [0.25, 0.3) is 0 Å². The van der Waals surface area contributed by atoms with E-state index >= 15 is 0 Å². The Kier molecular flexibility index (Phi) is 9.08. The van der Waals surface area contributed by atoms with E-state index in [1.165, 1.54) is 6.07 Å². The second-order valence-electron chi connectivity index (χ2n) is 4.78. The smallest absolute Gasteiger partial charge is 0.172 e. The molecule has 120 valence electrons. The second-order valence-corrected chi connectivity index (χ2v) is 5.70. The lowest BCUT2D eigenvalue weighted by Crippen LogP contribution is -2.45. The van der Waals surface area contributed by atoms with E-state index in [1.807, 2.05) is 19.9 Å². The first-order valence-electron chi connectivity index (χ1n) is 7.52. The molecule has 1 N–H and O–H groups in total. The molecule has 1 aromatic rings. The van der Waals surface area contributed by atoms with Crippen molar-refractivity contribution >= 4 is 15.9 Å². The van der Waals surface area contributed by atoms with Crippen LogP contribution >= 0.6 is 15.9 Å². The lowest BCUT2D eigenvalue weighted by molar-refractivity contribution is -0.153. The standard InChI is InChI=1S/C16H25BrFNO2/c1-4-9-19-15(16(20-5-2)21-6-3)10-12-7-8-13(17)11-14(12)18/h7-8,11,15-16,19H,4-6,9-10H2,1-3H3. The topological polar surface area (TPSA) is 30.5 Å². The average Bonchev–Trinajstić information content (AvgIpc) is 2.45. The first-order chi connectivity index (χ1) is 10.1. The Bertz CT molecular complexity index is 411. The Morgan fingerprint density at radius 1 is 1.19 bits per heavy atom. The molecule has 0 aliphatic heterocycles. The van der Waals surface area contributed by atoms with Crippen molar-refractivity contribution in [2.24, 2.45) is 0 Å². The normalized spacial score (nSPS) is 12.9. The van der Waals surface area contributed by atoms with Gasteiger partial charge in [0.25, 0.3) is 0 Å². The number of hydrogen-bond donors (Lipinski definition) is 1. The first kappa shape index (κ1) is 18.6. The van der Waals surface area contributed by atoms with Crippen LogP contribution in [0.3, 0.4) is 0 Å². The summed E-state index contributed by atoms with van der Waals surface area (Å²) in [4.78, 5) is 0. The average molecular weight is 362 g/mol. The first-order valence-corrected chi connectivity index (χ1v) is 8.32. The van der Waals surface area contributed by atoms with E-state index in [-0.39, 0.29) is 18.1 Å². The zero-order chi connectivity index (χ0) is 15.7. The molecule has 0 aromatic heterocycles. The highest BCUT2D eigenvalue weighted by Gasteiger charge is 2.23. The zero-order valence-electron chi connectivity index (χ0n) is 13.0. The number of halogens is 2. The molecule has 0 heterocycles. The van der Waals surface area contributed by atoms with Crippen molar-refractivity contribution in [3.05, 3.63) is 34.1 Å². The van der Waals surface area contributed by atoms with E-state index in [2.05, 4.69) is 28.2 Å². The molecule has 0 spiro atoms. The van der Waals surface area contributed by atoms with Crippen LogP contribution in [0, 0.1) is 5.82 Å². The van der Waals surface area contributed by atoms with Gasteiger partial charge < -0.3 is 14.8 Å². The molecule has 21 heavy (non-hydrogen) atoms. The number of benzene rings is 1.